The summed E-state index contributed by atoms with van der Waals surface area (Å²) in [5.74, 6) is 1.37. The predicted octanol–water partition coefficient (Wildman–Crippen LogP) is 8.11. The molecule has 4 rings (SSSR count). The molecular formula is C29H31ClN2O2. The lowest BCUT2D eigenvalue weighted by Crippen LogP contribution is -2.12. The summed E-state index contributed by atoms with van der Waals surface area (Å²) in [6, 6.07) is 18.2. The Hall–Kier alpha value is -3.11. The van der Waals surface area contributed by atoms with Crippen LogP contribution in [0.3, 0.4) is 0 Å². The van der Waals surface area contributed by atoms with Crippen molar-refractivity contribution in [2.24, 2.45) is 0 Å². The summed E-state index contributed by atoms with van der Waals surface area (Å²) in [6.45, 7) is 13.1. The first-order chi connectivity index (χ1) is 16.2. The monoisotopic (exact) mass is 474 g/mol. The molecule has 0 atom stereocenters. The van der Waals surface area contributed by atoms with Gasteiger partial charge in [-0.3, -0.25) is 4.98 Å². The molecule has 0 aliphatic carbocycles. The van der Waals surface area contributed by atoms with E-state index >= 15 is 0 Å². The van der Waals surface area contributed by atoms with Crippen molar-refractivity contribution in [3.05, 3.63) is 87.7 Å². The molecule has 0 amide bonds. The second-order valence-corrected chi connectivity index (χ2v) is 10.1. The van der Waals surface area contributed by atoms with Crippen molar-refractivity contribution >= 4 is 11.6 Å². The fourth-order valence-corrected chi connectivity index (χ4v) is 4.51. The molecule has 176 valence electrons. The van der Waals surface area contributed by atoms with Gasteiger partial charge in [0.25, 0.3) is 0 Å². The van der Waals surface area contributed by atoms with E-state index in [9.17, 15) is 0 Å². The van der Waals surface area contributed by atoms with E-state index in [0.29, 0.717) is 18.1 Å². The fourth-order valence-electron chi connectivity index (χ4n) is 4.06. The van der Waals surface area contributed by atoms with E-state index in [0.717, 1.165) is 56.3 Å². The van der Waals surface area contributed by atoms with Crippen molar-refractivity contribution in [2.75, 3.05) is 0 Å². The van der Waals surface area contributed by atoms with Crippen LogP contribution in [0, 0.1) is 13.8 Å². The van der Waals surface area contributed by atoms with Crippen LogP contribution in [-0.4, -0.2) is 10.1 Å². The molecule has 5 heteroatoms. The van der Waals surface area contributed by atoms with Crippen molar-refractivity contribution in [3.63, 3.8) is 0 Å². The molecule has 34 heavy (non-hydrogen) atoms. The van der Waals surface area contributed by atoms with Gasteiger partial charge in [0, 0.05) is 22.7 Å². The Bertz CT molecular complexity index is 1300. The SMILES string of the molecule is CCc1cc(-c2c(OCc3ccccc3)cc(-c3cc(Cl)c(C(C)(C)C)cc3C)nc2C)on1. The topological polar surface area (TPSA) is 48.2 Å². The molecule has 2 aromatic carbocycles. The van der Waals surface area contributed by atoms with Crippen LogP contribution >= 0.6 is 11.6 Å². The summed E-state index contributed by atoms with van der Waals surface area (Å²) in [7, 11) is 0. The molecule has 0 fully saturated rings. The molecule has 0 spiro atoms. The van der Waals surface area contributed by atoms with Crippen molar-refractivity contribution < 1.29 is 9.26 Å². The van der Waals surface area contributed by atoms with E-state index in [1.54, 1.807) is 0 Å². The molecule has 0 bridgehead atoms. The smallest absolute Gasteiger partial charge is 0.172 e. The quantitative estimate of drug-likeness (QED) is 0.283. The Morgan fingerprint density at radius 2 is 1.74 bits per heavy atom. The number of hydrogen-bond acceptors (Lipinski definition) is 4. The molecule has 0 aliphatic rings. The number of aromatic nitrogens is 2. The van der Waals surface area contributed by atoms with Gasteiger partial charge in [0.15, 0.2) is 5.76 Å². The van der Waals surface area contributed by atoms with Gasteiger partial charge in [-0.25, -0.2) is 0 Å². The van der Waals surface area contributed by atoms with Gasteiger partial charge >= 0.3 is 0 Å². The molecule has 0 saturated heterocycles. The molecule has 2 aromatic heterocycles. The van der Waals surface area contributed by atoms with E-state index in [-0.39, 0.29) is 5.41 Å². The van der Waals surface area contributed by atoms with Gasteiger partial charge in [0.05, 0.1) is 22.6 Å². The molecule has 0 saturated carbocycles. The van der Waals surface area contributed by atoms with Crippen molar-refractivity contribution in [1.29, 1.82) is 0 Å². The second kappa shape index (κ2) is 9.63. The zero-order chi connectivity index (χ0) is 24.5. The predicted molar refractivity (Wildman–Crippen MR) is 139 cm³/mol. The van der Waals surface area contributed by atoms with Crippen molar-refractivity contribution in [1.82, 2.24) is 10.1 Å². The first-order valence-electron chi connectivity index (χ1n) is 11.6. The van der Waals surface area contributed by atoms with E-state index < -0.39 is 0 Å². The largest absolute Gasteiger partial charge is 0.488 e. The van der Waals surface area contributed by atoms with Crippen molar-refractivity contribution in [3.8, 4) is 28.3 Å². The van der Waals surface area contributed by atoms with Crippen LogP contribution in [0.5, 0.6) is 5.75 Å². The molecule has 4 nitrogen and oxygen atoms in total. The second-order valence-electron chi connectivity index (χ2n) is 9.67. The number of halogens is 1. The number of rotatable bonds is 6. The van der Waals surface area contributed by atoms with Crippen LogP contribution in [0.15, 0.2) is 59.1 Å². The van der Waals surface area contributed by atoms with Gasteiger partial charge in [0.1, 0.15) is 12.4 Å². The van der Waals surface area contributed by atoms with Crippen molar-refractivity contribution in [2.45, 2.75) is 60.0 Å². The van der Waals surface area contributed by atoms with Gasteiger partial charge in [-0.15, -0.1) is 0 Å². The number of nitrogens with zero attached hydrogens (tertiary/aromatic N) is 2. The molecule has 0 N–H and O–H groups in total. The third-order valence-corrected chi connectivity index (χ3v) is 6.28. The number of benzene rings is 2. The van der Waals surface area contributed by atoms with E-state index in [2.05, 4.69) is 45.8 Å². The van der Waals surface area contributed by atoms with Crippen LogP contribution in [0.1, 0.15) is 55.8 Å². The standard InChI is InChI=1S/C29H31ClN2O2/c1-7-21-14-27(34-32-21)28-19(3)31-25(16-26(28)33-17-20-11-9-8-10-12-20)22-15-24(30)23(13-18(22)2)29(4,5)6/h8-16H,7,17H2,1-6H3. The highest BCUT2D eigenvalue weighted by atomic mass is 35.5. The van der Waals surface area contributed by atoms with Crippen LogP contribution in [-0.2, 0) is 18.4 Å². The Morgan fingerprint density at radius 3 is 2.38 bits per heavy atom. The average Bonchev–Trinajstić information content (AvgIpc) is 3.27. The number of aryl methyl sites for hydroxylation is 3. The third-order valence-electron chi connectivity index (χ3n) is 5.97. The van der Waals surface area contributed by atoms with E-state index in [1.165, 1.54) is 0 Å². The summed E-state index contributed by atoms with van der Waals surface area (Å²) >= 11 is 6.72. The zero-order valence-electron chi connectivity index (χ0n) is 20.7. The fraction of sp³-hybridized carbons (Fsp3) is 0.310. The van der Waals surface area contributed by atoms with E-state index in [1.807, 2.05) is 55.5 Å². The maximum atomic E-state index is 6.72. The van der Waals surface area contributed by atoms with Crippen LogP contribution in [0.25, 0.3) is 22.6 Å². The van der Waals surface area contributed by atoms with Gasteiger partial charge in [-0.05, 0) is 48.4 Å². The Labute approximate surface area is 206 Å². The highest BCUT2D eigenvalue weighted by molar-refractivity contribution is 6.31. The Kier molecular flexibility index (Phi) is 6.81. The molecule has 0 unspecified atom stereocenters. The third kappa shape index (κ3) is 5.02. The summed E-state index contributed by atoms with van der Waals surface area (Å²) in [6.07, 6.45) is 0.798. The first kappa shape index (κ1) is 24.0. The minimum atomic E-state index is -0.0409. The first-order valence-corrected chi connectivity index (χ1v) is 12.0. The highest BCUT2D eigenvalue weighted by Gasteiger charge is 2.22. The summed E-state index contributed by atoms with van der Waals surface area (Å²) in [5.41, 5.74) is 7.63. The number of hydrogen-bond donors (Lipinski definition) is 0. The van der Waals surface area contributed by atoms with Crippen LogP contribution in [0.4, 0.5) is 0 Å². The van der Waals surface area contributed by atoms with E-state index in [4.69, 9.17) is 25.8 Å². The summed E-state index contributed by atoms with van der Waals surface area (Å²) in [5, 5.41) is 4.92. The maximum Gasteiger partial charge on any atom is 0.172 e. The van der Waals surface area contributed by atoms with Gasteiger partial charge in [-0.1, -0.05) is 80.9 Å². The Morgan fingerprint density at radius 1 is 1.00 bits per heavy atom. The van der Waals surface area contributed by atoms with Crippen LogP contribution < -0.4 is 4.74 Å². The minimum absolute atomic E-state index is 0.0409. The molecule has 2 heterocycles. The Balaban J connectivity index is 1.82. The molecule has 4 aromatic rings. The van der Waals surface area contributed by atoms with Gasteiger partial charge in [-0.2, -0.15) is 0 Å². The number of pyridine rings is 1. The molecule has 0 radical (unpaired) electrons. The molecule has 0 aliphatic heterocycles. The summed E-state index contributed by atoms with van der Waals surface area (Å²) < 4.78 is 12.0. The lowest BCUT2D eigenvalue weighted by atomic mass is 9.85. The van der Waals surface area contributed by atoms with Gasteiger partial charge in [0.2, 0.25) is 0 Å². The van der Waals surface area contributed by atoms with Gasteiger partial charge < -0.3 is 9.26 Å². The minimum Gasteiger partial charge on any atom is -0.488 e. The number of ether oxygens (including phenoxy) is 1. The maximum absolute atomic E-state index is 6.72. The zero-order valence-corrected chi connectivity index (χ0v) is 21.5. The lowest BCUT2D eigenvalue weighted by molar-refractivity contribution is 0.305. The highest BCUT2D eigenvalue weighted by Crippen LogP contribution is 2.39. The van der Waals surface area contributed by atoms with Crippen LogP contribution in [0.2, 0.25) is 5.02 Å². The summed E-state index contributed by atoms with van der Waals surface area (Å²) in [4.78, 5) is 4.94. The molecular weight excluding hydrogens is 444 g/mol. The lowest BCUT2D eigenvalue weighted by Gasteiger charge is -2.23. The average molecular weight is 475 g/mol. The normalized spacial score (nSPS) is 11.6.